The van der Waals surface area contributed by atoms with Crippen LogP contribution in [-0.2, 0) is 20.9 Å². The van der Waals surface area contributed by atoms with Crippen LogP contribution >= 0.6 is 11.8 Å². The molecule has 2 aliphatic heterocycles. The number of thioether (sulfide) groups is 1. The molecule has 176 valence electrons. The number of amides is 1. The first-order chi connectivity index (χ1) is 16.4. The van der Waals surface area contributed by atoms with Crippen LogP contribution in [0.1, 0.15) is 55.8 Å². The number of hydrogen-bond acceptors (Lipinski definition) is 6. The van der Waals surface area contributed by atoms with Gasteiger partial charge in [0.2, 0.25) is 5.91 Å². The lowest BCUT2D eigenvalue weighted by molar-refractivity contribution is -0.136. The molecule has 1 atom stereocenters. The summed E-state index contributed by atoms with van der Waals surface area (Å²) in [4.78, 5) is 32.3. The average Bonchev–Trinajstić information content (AvgIpc) is 3.23. The standard InChI is InChI=1S/C27H29N3O3S/c1-17(2)20-10-12-21(13-11-20)25-24(26(32)33-4)18(3)29-27-30(25)22(16-34-27)14-23(31)28-15-19-8-6-5-7-9-19/h5-13,16-17,25H,14-15H2,1-4H3,(H,28,31)/t25-/m1/s1. The van der Waals surface area contributed by atoms with Gasteiger partial charge in [0.05, 0.1) is 30.8 Å². The van der Waals surface area contributed by atoms with E-state index in [2.05, 4.69) is 48.4 Å². The van der Waals surface area contributed by atoms with Gasteiger partial charge in [0.25, 0.3) is 0 Å². The second-order valence-electron chi connectivity index (χ2n) is 8.65. The number of carbonyl (C=O) groups excluding carboxylic acids is 2. The van der Waals surface area contributed by atoms with Crippen molar-refractivity contribution >= 4 is 28.8 Å². The lowest BCUT2D eigenvalue weighted by Gasteiger charge is -2.36. The smallest absolute Gasteiger partial charge is 0.338 e. The molecule has 34 heavy (non-hydrogen) atoms. The minimum Gasteiger partial charge on any atom is -0.466 e. The van der Waals surface area contributed by atoms with E-state index in [-0.39, 0.29) is 12.3 Å². The molecule has 2 aliphatic rings. The molecule has 1 N–H and O–H groups in total. The van der Waals surface area contributed by atoms with E-state index in [0.717, 1.165) is 22.0 Å². The molecule has 0 radical (unpaired) electrons. The van der Waals surface area contributed by atoms with Crippen molar-refractivity contribution in [3.05, 3.63) is 93.7 Å². The molecule has 0 aliphatic carbocycles. The lowest BCUT2D eigenvalue weighted by atomic mass is 9.92. The Hall–Kier alpha value is -3.32. The van der Waals surface area contributed by atoms with Gasteiger partial charge in [0.15, 0.2) is 5.17 Å². The largest absolute Gasteiger partial charge is 0.466 e. The van der Waals surface area contributed by atoms with Crippen LogP contribution in [0.4, 0.5) is 0 Å². The zero-order valence-corrected chi connectivity index (χ0v) is 20.7. The summed E-state index contributed by atoms with van der Waals surface area (Å²) in [6.07, 6.45) is 0.187. The number of aliphatic imine (C=N–C) groups is 1. The van der Waals surface area contributed by atoms with E-state index in [1.807, 2.05) is 47.6 Å². The number of benzene rings is 2. The van der Waals surface area contributed by atoms with Crippen molar-refractivity contribution in [1.29, 1.82) is 0 Å². The summed E-state index contributed by atoms with van der Waals surface area (Å²) in [5.74, 6) is -0.0965. The number of rotatable bonds is 7. The molecule has 7 heteroatoms. The van der Waals surface area contributed by atoms with E-state index in [9.17, 15) is 9.59 Å². The number of hydrogen-bond donors (Lipinski definition) is 1. The summed E-state index contributed by atoms with van der Waals surface area (Å²) in [6, 6.07) is 17.7. The molecule has 1 amide bonds. The lowest BCUT2D eigenvalue weighted by Crippen LogP contribution is -2.37. The van der Waals surface area contributed by atoms with Gasteiger partial charge in [0.1, 0.15) is 0 Å². The number of methoxy groups -OCH3 is 1. The van der Waals surface area contributed by atoms with E-state index in [0.29, 0.717) is 23.7 Å². The first-order valence-electron chi connectivity index (χ1n) is 11.3. The Morgan fingerprint density at radius 3 is 2.47 bits per heavy atom. The number of carbonyl (C=O) groups is 2. The zero-order valence-electron chi connectivity index (χ0n) is 19.9. The highest BCUT2D eigenvalue weighted by atomic mass is 32.2. The van der Waals surface area contributed by atoms with E-state index in [1.165, 1.54) is 24.4 Å². The third kappa shape index (κ3) is 4.94. The SMILES string of the molecule is COC(=O)C1=C(C)N=C2SC=C(CC(=O)NCc3ccccc3)N2[C@@H]1c1ccc(C(C)C)cc1. The van der Waals surface area contributed by atoms with E-state index >= 15 is 0 Å². The fourth-order valence-electron chi connectivity index (χ4n) is 4.14. The van der Waals surface area contributed by atoms with E-state index < -0.39 is 12.0 Å². The van der Waals surface area contributed by atoms with Crippen LogP contribution in [0, 0.1) is 0 Å². The van der Waals surface area contributed by atoms with Gasteiger partial charge in [-0.25, -0.2) is 9.79 Å². The van der Waals surface area contributed by atoms with Gasteiger partial charge in [-0.15, -0.1) is 0 Å². The first kappa shape index (κ1) is 23.8. The Morgan fingerprint density at radius 2 is 1.82 bits per heavy atom. The highest BCUT2D eigenvalue weighted by Gasteiger charge is 2.40. The Morgan fingerprint density at radius 1 is 1.12 bits per heavy atom. The first-order valence-corrected chi connectivity index (χ1v) is 12.2. The third-order valence-corrected chi connectivity index (χ3v) is 6.89. The molecule has 6 nitrogen and oxygen atoms in total. The van der Waals surface area contributed by atoms with Gasteiger partial charge in [-0.3, -0.25) is 4.79 Å². The summed E-state index contributed by atoms with van der Waals surface area (Å²) in [7, 11) is 1.38. The molecule has 0 fully saturated rings. The van der Waals surface area contributed by atoms with Crippen LogP contribution in [0.3, 0.4) is 0 Å². The van der Waals surface area contributed by atoms with Crippen molar-refractivity contribution in [2.45, 2.75) is 45.7 Å². The maximum atomic E-state index is 12.8. The van der Waals surface area contributed by atoms with Crippen molar-refractivity contribution in [2.24, 2.45) is 4.99 Å². The number of allylic oxidation sites excluding steroid dienone is 1. The van der Waals surface area contributed by atoms with Crippen molar-refractivity contribution in [3.63, 3.8) is 0 Å². The molecule has 0 saturated heterocycles. The van der Waals surface area contributed by atoms with Gasteiger partial charge in [0, 0.05) is 12.2 Å². The Kier molecular flexibility index (Phi) is 7.22. The van der Waals surface area contributed by atoms with Gasteiger partial charge < -0.3 is 15.0 Å². The number of nitrogens with zero attached hydrogens (tertiary/aromatic N) is 2. The molecule has 0 aromatic heterocycles. The van der Waals surface area contributed by atoms with Gasteiger partial charge >= 0.3 is 5.97 Å². The van der Waals surface area contributed by atoms with Gasteiger partial charge in [-0.05, 0) is 34.9 Å². The van der Waals surface area contributed by atoms with Crippen LogP contribution in [0.15, 0.2) is 82.0 Å². The molecule has 0 unspecified atom stereocenters. The van der Waals surface area contributed by atoms with Crippen molar-refractivity contribution < 1.29 is 14.3 Å². The maximum Gasteiger partial charge on any atom is 0.338 e. The molecule has 0 bridgehead atoms. The number of esters is 1. The molecule has 2 aromatic rings. The molecular formula is C27H29N3O3S. The molecule has 2 aromatic carbocycles. The van der Waals surface area contributed by atoms with Gasteiger partial charge in [-0.2, -0.15) is 0 Å². The van der Waals surface area contributed by atoms with Crippen LogP contribution < -0.4 is 5.32 Å². The Labute approximate surface area is 204 Å². The summed E-state index contributed by atoms with van der Waals surface area (Å²) in [5.41, 5.74) is 5.14. The van der Waals surface area contributed by atoms with Crippen LogP contribution in [0.25, 0.3) is 0 Å². The highest BCUT2D eigenvalue weighted by Crippen LogP contribution is 2.44. The number of amidine groups is 1. The maximum absolute atomic E-state index is 12.8. The normalized spacial score (nSPS) is 17.3. The minimum absolute atomic E-state index is 0.0863. The van der Waals surface area contributed by atoms with Crippen LogP contribution in [0.5, 0.6) is 0 Å². The average molecular weight is 476 g/mol. The zero-order chi connectivity index (χ0) is 24.2. The monoisotopic (exact) mass is 475 g/mol. The van der Waals surface area contributed by atoms with E-state index in [4.69, 9.17) is 4.74 Å². The van der Waals surface area contributed by atoms with Crippen molar-refractivity contribution in [3.8, 4) is 0 Å². The Bertz CT molecular complexity index is 1170. The summed E-state index contributed by atoms with van der Waals surface area (Å²) in [6.45, 7) is 6.59. The Balaban J connectivity index is 1.61. The number of nitrogens with one attached hydrogen (secondary N) is 1. The number of ether oxygens (including phenoxy) is 1. The molecule has 0 saturated carbocycles. The summed E-state index contributed by atoms with van der Waals surface area (Å²) in [5, 5.41) is 5.70. The highest BCUT2D eigenvalue weighted by molar-refractivity contribution is 8.16. The summed E-state index contributed by atoms with van der Waals surface area (Å²) >= 11 is 1.47. The van der Waals surface area contributed by atoms with E-state index in [1.54, 1.807) is 0 Å². The third-order valence-electron chi connectivity index (χ3n) is 6.00. The van der Waals surface area contributed by atoms with Crippen LogP contribution in [0.2, 0.25) is 0 Å². The van der Waals surface area contributed by atoms with Gasteiger partial charge in [-0.1, -0.05) is 80.2 Å². The second kappa shape index (κ2) is 10.3. The molecule has 0 spiro atoms. The fraction of sp³-hybridized carbons (Fsp3) is 0.296. The quantitative estimate of drug-likeness (QED) is 0.553. The predicted molar refractivity (Wildman–Crippen MR) is 136 cm³/mol. The topological polar surface area (TPSA) is 71.0 Å². The second-order valence-corrected chi connectivity index (χ2v) is 9.48. The van der Waals surface area contributed by atoms with Crippen LogP contribution in [-0.4, -0.2) is 29.1 Å². The van der Waals surface area contributed by atoms with Crippen molar-refractivity contribution in [2.75, 3.05) is 7.11 Å². The number of fused-ring (bicyclic) bond motifs is 1. The predicted octanol–water partition coefficient (Wildman–Crippen LogP) is 5.26. The molecule has 4 rings (SSSR count). The molecule has 2 heterocycles. The van der Waals surface area contributed by atoms with Crippen molar-refractivity contribution in [1.82, 2.24) is 10.2 Å². The molecular weight excluding hydrogens is 446 g/mol. The summed E-state index contributed by atoms with van der Waals surface area (Å²) < 4.78 is 5.13. The minimum atomic E-state index is -0.414. The fourth-order valence-corrected chi connectivity index (χ4v) is 5.11.